The number of hydrogen-bond donors (Lipinski definition) is 1. The van der Waals surface area contributed by atoms with Crippen LogP contribution in [-0.2, 0) is 4.74 Å². The average Bonchev–Trinajstić information content (AvgIpc) is 2.18. The van der Waals surface area contributed by atoms with Gasteiger partial charge in [-0.25, -0.2) is 0 Å². The maximum Gasteiger partial charge on any atom is 0.0674 e. The van der Waals surface area contributed by atoms with Gasteiger partial charge >= 0.3 is 0 Å². The first-order chi connectivity index (χ1) is 6.59. The molecule has 14 heavy (non-hydrogen) atoms. The molecular formula is C11H24N2O. The van der Waals surface area contributed by atoms with Crippen LogP contribution in [0.25, 0.3) is 0 Å². The molecule has 1 unspecified atom stereocenters. The summed E-state index contributed by atoms with van der Waals surface area (Å²) in [5.41, 5.74) is 6.29. The van der Waals surface area contributed by atoms with E-state index in [1.54, 1.807) is 0 Å². The molecule has 2 N–H and O–H groups in total. The Morgan fingerprint density at radius 1 is 1.43 bits per heavy atom. The van der Waals surface area contributed by atoms with Gasteiger partial charge in [0, 0.05) is 25.2 Å². The quantitative estimate of drug-likeness (QED) is 0.741. The number of nitrogens with zero attached hydrogens (tertiary/aromatic N) is 1. The van der Waals surface area contributed by atoms with Crippen LogP contribution in [0.3, 0.4) is 0 Å². The summed E-state index contributed by atoms with van der Waals surface area (Å²) in [7, 11) is 0. The van der Waals surface area contributed by atoms with Crippen molar-refractivity contribution in [1.29, 1.82) is 0 Å². The van der Waals surface area contributed by atoms with E-state index in [9.17, 15) is 0 Å². The minimum absolute atomic E-state index is 0.00292. The van der Waals surface area contributed by atoms with Crippen molar-refractivity contribution in [3.63, 3.8) is 0 Å². The van der Waals surface area contributed by atoms with Gasteiger partial charge in [0.25, 0.3) is 0 Å². The Bertz CT molecular complexity index is 169. The van der Waals surface area contributed by atoms with Crippen LogP contribution in [0.4, 0.5) is 0 Å². The Morgan fingerprint density at radius 2 is 2.07 bits per heavy atom. The Hall–Kier alpha value is -0.120. The fourth-order valence-corrected chi connectivity index (χ4v) is 1.95. The van der Waals surface area contributed by atoms with E-state index >= 15 is 0 Å². The summed E-state index contributed by atoms with van der Waals surface area (Å²) in [6.07, 6.45) is 2.46. The van der Waals surface area contributed by atoms with Crippen LogP contribution in [-0.4, -0.2) is 42.8 Å². The van der Waals surface area contributed by atoms with Gasteiger partial charge in [-0.15, -0.1) is 0 Å². The lowest BCUT2D eigenvalue weighted by atomic mass is 9.93. The second kappa shape index (κ2) is 5.10. The second-order valence-electron chi connectivity index (χ2n) is 4.49. The summed E-state index contributed by atoms with van der Waals surface area (Å²) in [5, 5.41) is 0. The van der Waals surface area contributed by atoms with Gasteiger partial charge in [-0.05, 0) is 19.8 Å². The third-order valence-electron chi connectivity index (χ3n) is 3.27. The highest BCUT2D eigenvalue weighted by atomic mass is 16.5. The predicted octanol–water partition coefficient (Wildman–Crippen LogP) is 1.22. The molecule has 1 aliphatic heterocycles. The Labute approximate surface area is 87.6 Å². The molecule has 3 nitrogen and oxygen atoms in total. The fraction of sp³-hybridized carbons (Fsp3) is 1.00. The zero-order valence-electron chi connectivity index (χ0n) is 9.75. The molecule has 0 bridgehead atoms. The zero-order chi connectivity index (χ0) is 10.6. The van der Waals surface area contributed by atoms with E-state index in [0.717, 1.165) is 39.1 Å². The van der Waals surface area contributed by atoms with E-state index in [-0.39, 0.29) is 5.54 Å². The van der Waals surface area contributed by atoms with Crippen molar-refractivity contribution in [2.24, 2.45) is 5.73 Å². The van der Waals surface area contributed by atoms with Crippen molar-refractivity contribution in [3.8, 4) is 0 Å². The van der Waals surface area contributed by atoms with Crippen LogP contribution in [0.2, 0.25) is 0 Å². The van der Waals surface area contributed by atoms with Crippen LogP contribution < -0.4 is 5.73 Å². The SMILES string of the molecule is CCC(N)(CC)CN1CCOC(C)C1. The zero-order valence-corrected chi connectivity index (χ0v) is 9.75. The van der Waals surface area contributed by atoms with Crippen molar-refractivity contribution in [2.45, 2.75) is 45.3 Å². The maximum atomic E-state index is 6.29. The summed E-state index contributed by atoms with van der Waals surface area (Å²) >= 11 is 0. The monoisotopic (exact) mass is 200 g/mol. The molecule has 3 heteroatoms. The first kappa shape index (κ1) is 12.0. The lowest BCUT2D eigenvalue weighted by Crippen LogP contribution is -2.53. The highest BCUT2D eigenvalue weighted by Gasteiger charge is 2.26. The lowest BCUT2D eigenvalue weighted by molar-refractivity contribution is -0.0254. The van der Waals surface area contributed by atoms with E-state index in [4.69, 9.17) is 10.5 Å². The van der Waals surface area contributed by atoms with Crippen LogP contribution in [0, 0.1) is 0 Å². The van der Waals surface area contributed by atoms with E-state index in [2.05, 4.69) is 25.7 Å². The third-order valence-corrected chi connectivity index (χ3v) is 3.27. The molecule has 0 amide bonds. The molecule has 1 atom stereocenters. The molecule has 0 spiro atoms. The summed E-state index contributed by atoms with van der Waals surface area (Å²) in [6, 6.07) is 0. The molecule has 0 radical (unpaired) electrons. The average molecular weight is 200 g/mol. The summed E-state index contributed by atoms with van der Waals surface area (Å²) in [6.45, 7) is 10.4. The normalized spacial score (nSPS) is 25.3. The molecule has 0 aromatic heterocycles. The summed E-state index contributed by atoms with van der Waals surface area (Å²) in [5.74, 6) is 0. The Kier molecular flexibility index (Phi) is 4.35. The van der Waals surface area contributed by atoms with Crippen molar-refractivity contribution < 1.29 is 4.74 Å². The molecular weight excluding hydrogens is 176 g/mol. The number of ether oxygens (including phenoxy) is 1. The molecule has 1 saturated heterocycles. The fourth-order valence-electron chi connectivity index (χ4n) is 1.95. The molecule has 0 aromatic rings. The van der Waals surface area contributed by atoms with E-state index in [1.165, 1.54) is 0 Å². The van der Waals surface area contributed by atoms with E-state index in [0.29, 0.717) is 6.10 Å². The molecule has 0 aliphatic carbocycles. The Morgan fingerprint density at radius 3 is 2.57 bits per heavy atom. The second-order valence-corrected chi connectivity index (χ2v) is 4.49. The van der Waals surface area contributed by atoms with Gasteiger partial charge in [-0.2, -0.15) is 0 Å². The van der Waals surface area contributed by atoms with E-state index < -0.39 is 0 Å². The number of rotatable bonds is 4. The van der Waals surface area contributed by atoms with Crippen molar-refractivity contribution >= 4 is 0 Å². The standard InChI is InChI=1S/C11H24N2O/c1-4-11(12,5-2)9-13-6-7-14-10(3)8-13/h10H,4-9,12H2,1-3H3. The summed E-state index contributed by atoms with van der Waals surface area (Å²) < 4.78 is 5.51. The smallest absolute Gasteiger partial charge is 0.0674 e. The van der Waals surface area contributed by atoms with E-state index in [1.807, 2.05) is 0 Å². The molecule has 1 fully saturated rings. The van der Waals surface area contributed by atoms with Gasteiger partial charge in [0.1, 0.15) is 0 Å². The minimum Gasteiger partial charge on any atom is -0.376 e. The van der Waals surface area contributed by atoms with Gasteiger partial charge in [-0.1, -0.05) is 13.8 Å². The van der Waals surface area contributed by atoms with Crippen LogP contribution in [0.15, 0.2) is 0 Å². The molecule has 84 valence electrons. The first-order valence-corrected chi connectivity index (χ1v) is 5.72. The van der Waals surface area contributed by atoms with Gasteiger partial charge < -0.3 is 10.5 Å². The van der Waals surface area contributed by atoms with Gasteiger partial charge in [0.15, 0.2) is 0 Å². The van der Waals surface area contributed by atoms with Crippen LogP contribution in [0.1, 0.15) is 33.6 Å². The minimum atomic E-state index is -0.00292. The molecule has 1 aliphatic rings. The first-order valence-electron chi connectivity index (χ1n) is 5.72. The van der Waals surface area contributed by atoms with Crippen molar-refractivity contribution in [1.82, 2.24) is 4.90 Å². The number of hydrogen-bond acceptors (Lipinski definition) is 3. The molecule has 0 saturated carbocycles. The van der Waals surface area contributed by atoms with Crippen LogP contribution in [0.5, 0.6) is 0 Å². The molecule has 1 heterocycles. The largest absolute Gasteiger partial charge is 0.376 e. The predicted molar refractivity (Wildman–Crippen MR) is 59.4 cm³/mol. The topological polar surface area (TPSA) is 38.5 Å². The highest BCUT2D eigenvalue weighted by Crippen LogP contribution is 2.15. The van der Waals surface area contributed by atoms with Gasteiger partial charge in [0.2, 0.25) is 0 Å². The van der Waals surface area contributed by atoms with Crippen LogP contribution >= 0.6 is 0 Å². The lowest BCUT2D eigenvalue weighted by Gasteiger charge is -2.38. The highest BCUT2D eigenvalue weighted by molar-refractivity contribution is 4.86. The van der Waals surface area contributed by atoms with Gasteiger partial charge in [0.05, 0.1) is 12.7 Å². The van der Waals surface area contributed by atoms with Gasteiger partial charge in [-0.3, -0.25) is 4.90 Å². The summed E-state index contributed by atoms with van der Waals surface area (Å²) in [4.78, 5) is 2.43. The third kappa shape index (κ3) is 3.23. The van der Waals surface area contributed by atoms with Crippen molar-refractivity contribution in [3.05, 3.63) is 0 Å². The Balaban J connectivity index is 2.41. The maximum absolute atomic E-state index is 6.29. The number of morpholine rings is 1. The molecule has 1 rings (SSSR count). The molecule has 0 aromatic carbocycles. The van der Waals surface area contributed by atoms with Crippen molar-refractivity contribution in [2.75, 3.05) is 26.2 Å². The number of nitrogens with two attached hydrogens (primary N) is 1.